The van der Waals surface area contributed by atoms with E-state index in [1.807, 2.05) is 141 Å². The molecule has 0 amide bonds. The maximum absolute atomic E-state index is 2.31. The van der Waals surface area contributed by atoms with Crippen molar-refractivity contribution in [1.29, 1.82) is 0 Å². The minimum Gasteiger partial charge on any atom is -0.0809 e. The first-order valence-corrected chi connectivity index (χ1v) is 28.7. The quantitative estimate of drug-likeness (QED) is 0.142. The molecule has 6 aliphatic heterocycles. The van der Waals surface area contributed by atoms with Gasteiger partial charge in [-0.25, -0.2) is 0 Å². The third kappa shape index (κ3) is 6.61. The molecule has 7 aromatic carbocycles. The third-order valence-electron chi connectivity index (χ3n) is 10.3. The van der Waals surface area contributed by atoms with Gasteiger partial charge in [0, 0.05) is 90.1 Å². The molecule has 288 valence electrons. The second kappa shape index (κ2) is 15.9. The normalized spacial score (nSPS) is 17.0. The maximum Gasteiger partial charge on any atom is 0.0585 e. The van der Waals surface area contributed by atoms with Crippen LogP contribution in [-0.2, 0) is 0 Å². The number of fused-ring (bicyclic) bond motifs is 6. The van der Waals surface area contributed by atoms with E-state index in [0.29, 0.717) is 0 Å². The summed E-state index contributed by atoms with van der Waals surface area (Å²) in [5.74, 6) is 0. The van der Waals surface area contributed by atoms with Crippen LogP contribution in [0.4, 0.5) is 0 Å². The first-order chi connectivity index (χ1) is 29.7. The Morgan fingerprint density at radius 1 is 0.150 bits per heavy atom. The van der Waals surface area contributed by atoms with Crippen LogP contribution in [0.2, 0.25) is 0 Å². The standard InChI is InChI=1S/C48H24S12/c1-2-14-26-25(13-1)49-43(50-26)37-38(44-51-27-15-3-4-16-28(27)52-44)40(46-55-31-19-7-8-20-32(31)56-46)42(48-59-35-23-11-12-24-36(35)60-48)41(47-57-33-21-9-10-22-34(33)58-47)39(37)45-53-29-17-5-6-18-30(29)54-45/h1-24H. The highest BCUT2D eigenvalue weighted by Crippen LogP contribution is 2.57. The molecule has 0 saturated heterocycles. The fraction of sp³-hybridized carbons (Fsp3) is 0. The van der Waals surface area contributed by atoms with E-state index in [1.165, 1.54) is 115 Å². The average molecular weight is 986 g/mol. The second-order valence-electron chi connectivity index (χ2n) is 13.9. The predicted molar refractivity (Wildman–Crippen MR) is 274 cm³/mol. The van der Waals surface area contributed by atoms with Crippen LogP contribution in [0.5, 0.6) is 0 Å². The molecular formula is C48H24S12. The van der Waals surface area contributed by atoms with Crippen molar-refractivity contribution in [3.8, 4) is 0 Å². The van der Waals surface area contributed by atoms with Crippen molar-refractivity contribution in [3.05, 3.63) is 177 Å². The van der Waals surface area contributed by atoms with Crippen LogP contribution in [0.15, 0.2) is 204 Å². The van der Waals surface area contributed by atoms with Gasteiger partial charge in [0.05, 0.1) is 25.4 Å². The monoisotopic (exact) mass is 984 g/mol. The smallest absolute Gasteiger partial charge is 0.0585 e. The molecule has 0 nitrogen and oxygen atoms in total. The van der Waals surface area contributed by atoms with E-state index < -0.39 is 0 Å². The highest BCUT2D eigenvalue weighted by atomic mass is 32.2. The lowest BCUT2D eigenvalue weighted by molar-refractivity contribution is 1.27. The van der Waals surface area contributed by atoms with Gasteiger partial charge in [0.1, 0.15) is 0 Å². The van der Waals surface area contributed by atoms with Gasteiger partial charge in [-0.15, -0.1) is 0 Å². The van der Waals surface area contributed by atoms with E-state index in [-0.39, 0.29) is 0 Å². The van der Waals surface area contributed by atoms with Gasteiger partial charge in [-0.2, -0.15) is 0 Å². The summed E-state index contributed by atoms with van der Waals surface area (Å²) in [4.78, 5) is 16.0. The summed E-state index contributed by atoms with van der Waals surface area (Å²) in [5.41, 5.74) is 0. The summed E-state index contributed by atoms with van der Waals surface area (Å²) in [6, 6.07) is 54.0. The van der Waals surface area contributed by atoms with Crippen LogP contribution < -0.4 is 31.3 Å². The summed E-state index contributed by atoms with van der Waals surface area (Å²) in [6.07, 6.45) is 0. The van der Waals surface area contributed by atoms with Crippen molar-refractivity contribution in [2.75, 3.05) is 0 Å². The Morgan fingerprint density at radius 3 is 0.350 bits per heavy atom. The Morgan fingerprint density at radius 2 is 0.250 bits per heavy atom. The second-order valence-corrected chi connectivity index (χ2v) is 28.1. The minimum absolute atomic E-state index is 1.34. The van der Waals surface area contributed by atoms with Gasteiger partial charge in [-0.05, 0) is 72.8 Å². The van der Waals surface area contributed by atoms with Crippen molar-refractivity contribution in [1.82, 2.24) is 0 Å². The van der Waals surface area contributed by atoms with E-state index in [9.17, 15) is 0 Å². The summed E-state index contributed by atoms with van der Waals surface area (Å²) in [6.45, 7) is 0. The number of hydrogen-bond donors (Lipinski definition) is 0. The molecule has 0 fully saturated rings. The molecule has 0 radical (unpaired) electrons. The van der Waals surface area contributed by atoms with Gasteiger partial charge in [0.2, 0.25) is 0 Å². The summed E-state index contributed by atoms with van der Waals surface area (Å²) in [7, 11) is 0. The molecule has 0 atom stereocenters. The molecule has 13 rings (SSSR count). The van der Waals surface area contributed by atoms with Gasteiger partial charge < -0.3 is 0 Å². The zero-order chi connectivity index (χ0) is 39.3. The van der Waals surface area contributed by atoms with Crippen LogP contribution in [-0.4, -0.2) is 0 Å². The molecule has 0 aliphatic carbocycles. The van der Waals surface area contributed by atoms with E-state index in [0.717, 1.165) is 0 Å². The zero-order valence-corrected chi connectivity index (χ0v) is 40.6. The first kappa shape index (κ1) is 38.4. The number of thioether (sulfide) groups is 12. The van der Waals surface area contributed by atoms with Crippen molar-refractivity contribution < 1.29 is 0 Å². The van der Waals surface area contributed by atoms with Crippen LogP contribution in [0.1, 0.15) is 0 Å². The number of hydrogen-bond acceptors (Lipinski definition) is 12. The van der Waals surface area contributed by atoms with Crippen LogP contribution in [0, 0.1) is 0 Å². The first-order valence-electron chi connectivity index (χ1n) is 18.9. The Labute approximate surface area is 397 Å². The third-order valence-corrected chi connectivity index (χ3v) is 25.6. The molecule has 60 heavy (non-hydrogen) atoms. The van der Waals surface area contributed by atoms with Gasteiger partial charge in [-0.1, -0.05) is 214 Å². The molecule has 0 saturated carbocycles. The van der Waals surface area contributed by atoms with Crippen molar-refractivity contribution in [3.63, 3.8) is 0 Å². The van der Waals surface area contributed by atoms with Gasteiger partial charge in [0.15, 0.2) is 0 Å². The van der Waals surface area contributed by atoms with Crippen LogP contribution >= 0.6 is 141 Å². The highest BCUT2D eigenvalue weighted by molar-refractivity contribution is 8.34. The van der Waals surface area contributed by atoms with Gasteiger partial charge in [0.25, 0.3) is 0 Å². The Kier molecular flexibility index (Phi) is 10.2. The van der Waals surface area contributed by atoms with Crippen LogP contribution in [0.25, 0.3) is 25.4 Å². The molecule has 0 spiro atoms. The molecule has 12 heteroatoms. The summed E-state index contributed by atoms with van der Waals surface area (Å²) < 4.78 is 8.18. The maximum atomic E-state index is 2.31. The lowest BCUT2D eigenvalue weighted by Crippen LogP contribution is -2.67. The molecule has 6 aliphatic rings. The SMILES string of the molecule is c1ccc2c(c1)SC(=c1c(=C3Sc4ccccc4S3)c(=C3Sc4ccccc4S3)c(=C3Sc4ccccc4S3)c(=C3Sc4ccccc4S3)c1=C1Sc3ccccc3S1)S2. The molecular weight excluding hydrogens is 961 g/mol. The number of benzene rings is 7. The largest absolute Gasteiger partial charge is 0.0809 e. The lowest BCUT2D eigenvalue weighted by Gasteiger charge is -2.13. The Hall–Kier alpha value is -2.04. The summed E-state index contributed by atoms with van der Waals surface area (Å²) in [5, 5.41) is 8.26. The van der Waals surface area contributed by atoms with Crippen molar-refractivity contribution >= 4 is 167 Å². The van der Waals surface area contributed by atoms with E-state index in [2.05, 4.69) is 146 Å². The van der Waals surface area contributed by atoms with E-state index in [4.69, 9.17) is 0 Å². The molecule has 0 N–H and O–H groups in total. The molecule has 0 unspecified atom stereocenters. The van der Waals surface area contributed by atoms with Crippen LogP contribution in [0.3, 0.4) is 0 Å². The fourth-order valence-corrected chi connectivity index (χ4v) is 23.2. The highest BCUT2D eigenvalue weighted by Gasteiger charge is 2.31. The Balaban J connectivity index is 1.32. The van der Waals surface area contributed by atoms with Gasteiger partial charge in [-0.3, -0.25) is 0 Å². The van der Waals surface area contributed by atoms with Crippen molar-refractivity contribution in [2.24, 2.45) is 0 Å². The molecule has 6 heterocycles. The Bertz CT molecular complexity index is 2670. The molecule has 7 aromatic rings. The topological polar surface area (TPSA) is 0 Å². The fourth-order valence-electron chi connectivity index (χ4n) is 7.62. The average Bonchev–Trinajstić information content (AvgIpc) is 4.15. The lowest BCUT2D eigenvalue weighted by atomic mass is 10.1. The number of rotatable bonds is 0. The zero-order valence-electron chi connectivity index (χ0n) is 30.8. The van der Waals surface area contributed by atoms with E-state index in [1.54, 1.807) is 0 Å². The predicted octanol–water partition coefficient (Wildman–Crippen LogP) is 13.5. The van der Waals surface area contributed by atoms with Gasteiger partial charge >= 0.3 is 0 Å². The van der Waals surface area contributed by atoms with Crippen molar-refractivity contribution in [2.45, 2.75) is 58.7 Å². The molecule has 0 aromatic heterocycles. The summed E-state index contributed by atoms with van der Waals surface area (Å²) >= 11 is 23.5. The van der Waals surface area contributed by atoms with E-state index >= 15 is 0 Å². The molecule has 0 bridgehead atoms. The minimum atomic E-state index is 1.34.